The molecule has 1 heterocycles. The zero-order chi connectivity index (χ0) is 14.9. The fourth-order valence-electron chi connectivity index (χ4n) is 1.39. The van der Waals surface area contributed by atoms with E-state index in [1.807, 2.05) is 0 Å². The van der Waals surface area contributed by atoms with Crippen molar-refractivity contribution < 1.29 is 22.3 Å². The molecule has 0 bridgehead atoms. The van der Waals surface area contributed by atoms with Gasteiger partial charge in [-0.25, -0.2) is 9.37 Å². The summed E-state index contributed by atoms with van der Waals surface area (Å²) in [6.45, 7) is 0. The van der Waals surface area contributed by atoms with E-state index >= 15 is 0 Å². The number of aromatic nitrogens is 1. The van der Waals surface area contributed by atoms with Gasteiger partial charge in [0.05, 0.1) is 10.6 Å². The molecular weight excluding hydrogens is 321 g/mol. The first kappa shape index (κ1) is 14.9. The lowest BCUT2D eigenvalue weighted by Crippen LogP contribution is -2.09. The Balaban J connectivity index is 2.49. The summed E-state index contributed by atoms with van der Waals surface area (Å²) in [7, 11) is 0. The molecule has 2 nitrogen and oxygen atoms in total. The average molecular weight is 326 g/mol. The van der Waals surface area contributed by atoms with Crippen LogP contribution in [0.2, 0.25) is 10.0 Å². The largest absolute Gasteiger partial charge is 0.436 e. The summed E-state index contributed by atoms with van der Waals surface area (Å²) >= 11 is 11.2. The molecule has 2 rings (SSSR count). The van der Waals surface area contributed by atoms with Crippen molar-refractivity contribution in [2.24, 2.45) is 0 Å². The van der Waals surface area contributed by atoms with E-state index < -0.39 is 33.4 Å². The summed E-state index contributed by atoms with van der Waals surface area (Å²) in [5.41, 5.74) is -1.55. The Bertz CT molecular complexity index is 632. The van der Waals surface area contributed by atoms with E-state index in [9.17, 15) is 17.6 Å². The van der Waals surface area contributed by atoms with Crippen LogP contribution in [0, 0.1) is 5.82 Å². The number of halogens is 6. The van der Waals surface area contributed by atoms with Crippen molar-refractivity contribution in [2.45, 2.75) is 6.18 Å². The van der Waals surface area contributed by atoms with Gasteiger partial charge in [-0.2, -0.15) is 13.2 Å². The highest BCUT2D eigenvalue weighted by Gasteiger charge is 2.37. The van der Waals surface area contributed by atoms with Crippen LogP contribution < -0.4 is 4.74 Å². The molecule has 0 radical (unpaired) electrons. The van der Waals surface area contributed by atoms with Crippen molar-refractivity contribution in [2.75, 3.05) is 0 Å². The molecule has 0 N–H and O–H groups in total. The third-order valence-electron chi connectivity index (χ3n) is 2.27. The first-order valence-corrected chi connectivity index (χ1v) is 5.90. The number of hydrogen-bond donors (Lipinski definition) is 0. The SMILES string of the molecule is Fc1c(C(F)(F)F)cc(Cl)c(Oc2ccccn2)c1Cl. The zero-order valence-electron chi connectivity index (χ0n) is 9.51. The molecular formula is C12H5Cl2F4NO. The molecule has 0 aliphatic rings. The van der Waals surface area contributed by atoms with Crippen LogP contribution in [0.3, 0.4) is 0 Å². The smallest absolute Gasteiger partial charge is 0.419 e. The predicted molar refractivity (Wildman–Crippen MR) is 65.7 cm³/mol. The van der Waals surface area contributed by atoms with Crippen molar-refractivity contribution in [1.29, 1.82) is 0 Å². The Labute approximate surface area is 120 Å². The van der Waals surface area contributed by atoms with Gasteiger partial charge >= 0.3 is 6.18 Å². The molecule has 2 aromatic rings. The first-order valence-electron chi connectivity index (χ1n) is 5.14. The third kappa shape index (κ3) is 2.96. The Kier molecular flexibility index (Phi) is 4.06. The van der Waals surface area contributed by atoms with E-state index in [1.165, 1.54) is 12.3 Å². The van der Waals surface area contributed by atoms with E-state index in [4.69, 9.17) is 27.9 Å². The molecule has 0 fully saturated rings. The molecule has 1 aromatic heterocycles. The van der Waals surface area contributed by atoms with Crippen molar-refractivity contribution in [3.05, 3.63) is 51.9 Å². The summed E-state index contributed by atoms with van der Waals surface area (Å²) in [4.78, 5) is 3.77. The lowest BCUT2D eigenvalue weighted by molar-refractivity contribution is -0.140. The minimum atomic E-state index is -4.90. The normalized spacial score (nSPS) is 11.5. The molecule has 0 amide bonds. The molecule has 0 unspecified atom stereocenters. The second kappa shape index (κ2) is 5.46. The number of ether oxygens (including phenoxy) is 1. The van der Waals surface area contributed by atoms with Crippen LogP contribution >= 0.6 is 23.2 Å². The minimum Gasteiger partial charge on any atom is -0.436 e. The van der Waals surface area contributed by atoms with Gasteiger partial charge in [-0.1, -0.05) is 29.3 Å². The summed E-state index contributed by atoms with van der Waals surface area (Å²) in [6, 6.07) is 5.01. The lowest BCUT2D eigenvalue weighted by Gasteiger charge is -2.14. The fourth-order valence-corrected chi connectivity index (χ4v) is 1.92. The van der Waals surface area contributed by atoms with Gasteiger partial charge in [0, 0.05) is 12.3 Å². The highest BCUT2D eigenvalue weighted by Crippen LogP contribution is 2.43. The molecule has 0 spiro atoms. The highest BCUT2D eigenvalue weighted by molar-refractivity contribution is 6.37. The van der Waals surface area contributed by atoms with Gasteiger partial charge in [0.25, 0.3) is 0 Å². The van der Waals surface area contributed by atoms with Crippen LogP contribution in [0.4, 0.5) is 17.6 Å². The van der Waals surface area contributed by atoms with E-state index in [2.05, 4.69) is 4.98 Å². The molecule has 0 saturated heterocycles. The van der Waals surface area contributed by atoms with Crippen molar-refractivity contribution in [3.63, 3.8) is 0 Å². The van der Waals surface area contributed by atoms with Gasteiger partial charge in [-0.05, 0) is 12.1 Å². The Morgan fingerprint density at radius 1 is 1.15 bits per heavy atom. The van der Waals surface area contributed by atoms with Crippen LogP contribution in [-0.2, 0) is 6.18 Å². The number of nitrogens with zero attached hydrogens (tertiary/aromatic N) is 1. The van der Waals surface area contributed by atoms with Crippen LogP contribution in [0.1, 0.15) is 5.56 Å². The van der Waals surface area contributed by atoms with E-state index in [-0.39, 0.29) is 5.88 Å². The summed E-state index contributed by atoms with van der Waals surface area (Å²) < 4.78 is 56.4. The first-order chi connectivity index (χ1) is 9.30. The average Bonchev–Trinajstić information content (AvgIpc) is 2.39. The number of hydrogen-bond acceptors (Lipinski definition) is 2. The second-order valence-electron chi connectivity index (χ2n) is 3.63. The molecule has 8 heteroatoms. The molecule has 0 atom stereocenters. The number of benzene rings is 1. The van der Waals surface area contributed by atoms with E-state index in [1.54, 1.807) is 12.1 Å². The van der Waals surface area contributed by atoms with Gasteiger partial charge in [0.15, 0.2) is 11.6 Å². The van der Waals surface area contributed by atoms with Crippen molar-refractivity contribution in [1.82, 2.24) is 4.98 Å². The Morgan fingerprint density at radius 2 is 1.85 bits per heavy atom. The van der Waals surface area contributed by atoms with Crippen LogP contribution in [0.25, 0.3) is 0 Å². The summed E-state index contributed by atoms with van der Waals surface area (Å²) in [6.07, 6.45) is -3.52. The van der Waals surface area contributed by atoms with Crippen molar-refractivity contribution in [3.8, 4) is 11.6 Å². The molecule has 0 aliphatic heterocycles. The lowest BCUT2D eigenvalue weighted by atomic mass is 10.2. The zero-order valence-corrected chi connectivity index (χ0v) is 11.0. The van der Waals surface area contributed by atoms with Gasteiger partial charge < -0.3 is 4.74 Å². The Hall–Kier alpha value is -1.53. The molecule has 20 heavy (non-hydrogen) atoms. The van der Waals surface area contributed by atoms with Crippen LogP contribution in [0.15, 0.2) is 30.5 Å². The van der Waals surface area contributed by atoms with E-state index in [0.29, 0.717) is 6.07 Å². The van der Waals surface area contributed by atoms with Gasteiger partial charge in [0.1, 0.15) is 5.02 Å². The molecule has 106 valence electrons. The summed E-state index contributed by atoms with van der Waals surface area (Å²) in [5, 5.41) is -1.31. The minimum absolute atomic E-state index is 0.0236. The maximum atomic E-state index is 13.6. The number of alkyl halides is 3. The van der Waals surface area contributed by atoms with Gasteiger partial charge in [0.2, 0.25) is 5.88 Å². The molecule has 1 aromatic carbocycles. The standard InChI is InChI=1S/C12H5Cl2F4NO/c13-7-5-6(12(16,17)18)10(15)9(14)11(7)20-8-3-1-2-4-19-8/h1-5H. The second-order valence-corrected chi connectivity index (χ2v) is 4.42. The monoisotopic (exact) mass is 325 g/mol. The van der Waals surface area contributed by atoms with E-state index in [0.717, 1.165) is 0 Å². The number of rotatable bonds is 2. The summed E-state index contributed by atoms with van der Waals surface area (Å²) in [5.74, 6) is -2.04. The van der Waals surface area contributed by atoms with Gasteiger partial charge in [-0.15, -0.1) is 0 Å². The Morgan fingerprint density at radius 3 is 2.40 bits per heavy atom. The molecule has 0 saturated carbocycles. The third-order valence-corrected chi connectivity index (χ3v) is 2.88. The fraction of sp³-hybridized carbons (Fsp3) is 0.0833. The quantitative estimate of drug-likeness (QED) is 0.549. The molecule has 0 aliphatic carbocycles. The van der Waals surface area contributed by atoms with Crippen LogP contribution in [-0.4, -0.2) is 4.98 Å². The van der Waals surface area contributed by atoms with Gasteiger partial charge in [-0.3, -0.25) is 0 Å². The highest BCUT2D eigenvalue weighted by atomic mass is 35.5. The maximum absolute atomic E-state index is 13.6. The van der Waals surface area contributed by atoms with Crippen LogP contribution in [0.5, 0.6) is 11.6 Å². The maximum Gasteiger partial charge on any atom is 0.419 e. The topological polar surface area (TPSA) is 22.1 Å². The predicted octanol–water partition coefficient (Wildman–Crippen LogP) is 5.34. The number of pyridine rings is 1. The van der Waals surface area contributed by atoms with Crippen molar-refractivity contribution >= 4 is 23.2 Å².